The van der Waals surface area contributed by atoms with Gasteiger partial charge in [-0.15, -0.1) is 11.6 Å². The summed E-state index contributed by atoms with van der Waals surface area (Å²) in [7, 11) is -1.71. The maximum absolute atomic E-state index is 12.0. The molecular weight excluding hydrogens is 440 g/mol. The van der Waals surface area contributed by atoms with E-state index in [2.05, 4.69) is 56.2 Å². The van der Waals surface area contributed by atoms with E-state index < -0.39 is 13.9 Å². The monoisotopic (exact) mass is 484 g/mol. The average molecular weight is 485 g/mol. The van der Waals surface area contributed by atoms with Crippen molar-refractivity contribution in [1.82, 2.24) is 10.2 Å². The van der Waals surface area contributed by atoms with Crippen molar-refractivity contribution in [2.24, 2.45) is 0 Å². The number of hydrogen-bond acceptors (Lipinski definition) is 4. The predicted molar refractivity (Wildman–Crippen MR) is 138 cm³/mol. The zero-order valence-corrected chi connectivity index (χ0v) is 23.2. The normalized spacial score (nSPS) is 13.8. The number of nitrogens with zero attached hydrogens (tertiary/aromatic N) is 1. The van der Waals surface area contributed by atoms with Crippen LogP contribution < -0.4 is 5.32 Å². The molecule has 1 atom stereocenters. The maximum atomic E-state index is 12.0. The van der Waals surface area contributed by atoms with Crippen LogP contribution in [0.25, 0.3) is 0 Å². The molecule has 32 heavy (non-hydrogen) atoms. The molecule has 0 aliphatic carbocycles. The molecule has 0 spiro atoms. The molecule has 0 aromatic heterocycles. The molecule has 7 heteroatoms. The van der Waals surface area contributed by atoms with Crippen LogP contribution in [0.5, 0.6) is 0 Å². The number of benzene rings is 1. The second-order valence-corrected chi connectivity index (χ2v) is 16.4. The summed E-state index contributed by atoms with van der Waals surface area (Å²) < 4.78 is 11.6. The second kappa shape index (κ2) is 13.0. The Balaban J connectivity index is 2.53. The van der Waals surface area contributed by atoms with Crippen molar-refractivity contribution in [3.05, 3.63) is 35.9 Å². The van der Waals surface area contributed by atoms with E-state index >= 15 is 0 Å². The number of nitrogens with one attached hydrogen (secondary N) is 1. The lowest BCUT2D eigenvalue weighted by atomic mass is 10.2. The fourth-order valence-electron chi connectivity index (χ4n) is 2.93. The lowest BCUT2D eigenvalue weighted by Crippen LogP contribution is -2.41. The summed E-state index contributed by atoms with van der Waals surface area (Å²) in [6, 6.07) is 10.3. The topological polar surface area (TPSA) is 50.8 Å². The van der Waals surface area contributed by atoms with E-state index in [1.54, 1.807) is 0 Å². The Morgan fingerprint density at radius 2 is 1.75 bits per heavy atom. The number of ether oxygens (including phenoxy) is 1. The first-order chi connectivity index (χ1) is 14.7. The molecule has 0 aliphatic heterocycles. The van der Waals surface area contributed by atoms with Gasteiger partial charge in [-0.3, -0.25) is 4.90 Å². The molecule has 0 saturated carbocycles. The quantitative estimate of drug-likeness (QED) is 0.211. The third-order valence-corrected chi connectivity index (χ3v) is 10.6. The van der Waals surface area contributed by atoms with Gasteiger partial charge in [0.1, 0.15) is 5.60 Å². The Kier molecular flexibility index (Phi) is 11.7. The lowest BCUT2D eigenvalue weighted by Gasteiger charge is -2.36. The number of alkyl carbamates (subject to hydrolysis) is 1. The Hall–Kier alpha value is -1.08. The molecule has 0 saturated heterocycles. The van der Waals surface area contributed by atoms with E-state index in [-0.39, 0.29) is 16.5 Å². The van der Waals surface area contributed by atoms with Gasteiger partial charge in [0.2, 0.25) is 0 Å². The minimum Gasteiger partial charge on any atom is -0.444 e. The van der Waals surface area contributed by atoms with Crippen LogP contribution in [0.1, 0.15) is 59.9 Å². The molecule has 184 valence electrons. The first-order valence-corrected chi connectivity index (χ1v) is 15.1. The molecule has 1 amide bonds. The molecular formula is C25H45ClN2O3Si. The number of rotatable bonds is 12. The van der Waals surface area contributed by atoms with Crippen molar-refractivity contribution >= 4 is 26.0 Å². The predicted octanol–water partition coefficient (Wildman–Crippen LogP) is 6.42. The van der Waals surface area contributed by atoms with E-state index in [0.717, 1.165) is 32.5 Å². The highest BCUT2D eigenvalue weighted by Crippen LogP contribution is 2.36. The zero-order valence-electron chi connectivity index (χ0n) is 21.5. The van der Waals surface area contributed by atoms with Crippen LogP contribution in [-0.4, -0.2) is 56.5 Å². The average Bonchev–Trinajstić information content (AvgIpc) is 2.63. The summed E-state index contributed by atoms with van der Waals surface area (Å²) in [5.74, 6) is 0. The molecule has 1 N–H and O–H groups in total. The van der Waals surface area contributed by atoms with Gasteiger partial charge in [-0.05, 0) is 57.3 Å². The van der Waals surface area contributed by atoms with Crippen molar-refractivity contribution in [3.63, 3.8) is 0 Å². The fraction of sp³-hybridized carbons (Fsp3) is 0.720. The lowest BCUT2D eigenvalue weighted by molar-refractivity contribution is 0.0521. The third kappa shape index (κ3) is 12.2. The van der Waals surface area contributed by atoms with Crippen molar-refractivity contribution in [3.8, 4) is 0 Å². The van der Waals surface area contributed by atoms with Crippen molar-refractivity contribution in [2.45, 2.75) is 90.0 Å². The molecule has 0 unspecified atom stereocenters. The molecule has 1 aromatic rings. The molecule has 1 rings (SSSR count). The second-order valence-electron chi connectivity index (χ2n) is 11.0. The summed E-state index contributed by atoms with van der Waals surface area (Å²) in [4.78, 5) is 14.2. The highest BCUT2D eigenvalue weighted by Gasteiger charge is 2.36. The van der Waals surface area contributed by atoms with E-state index in [4.69, 9.17) is 20.8 Å². The summed E-state index contributed by atoms with van der Waals surface area (Å²) in [5.41, 5.74) is 0.733. The van der Waals surface area contributed by atoms with E-state index in [9.17, 15) is 4.79 Å². The Morgan fingerprint density at radius 1 is 1.12 bits per heavy atom. The Morgan fingerprint density at radius 3 is 2.31 bits per heavy atom. The molecule has 0 bridgehead atoms. The number of carbonyl (C=O) groups excluding carboxylic acids is 1. The number of halogens is 1. The van der Waals surface area contributed by atoms with Crippen LogP contribution in [0.15, 0.2) is 30.3 Å². The van der Waals surface area contributed by atoms with Crippen LogP contribution >= 0.6 is 11.6 Å². The Bertz CT molecular complexity index is 672. The molecule has 0 fully saturated rings. The van der Waals surface area contributed by atoms with Crippen LogP contribution in [0, 0.1) is 0 Å². The number of carbonyl (C=O) groups is 1. The van der Waals surface area contributed by atoms with Crippen molar-refractivity contribution in [2.75, 3.05) is 26.2 Å². The summed E-state index contributed by atoms with van der Waals surface area (Å²) in [6.45, 7) is 20.5. The van der Waals surface area contributed by atoms with Gasteiger partial charge in [-0.1, -0.05) is 51.1 Å². The van der Waals surface area contributed by atoms with E-state index in [0.29, 0.717) is 13.1 Å². The van der Waals surface area contributed by atoms with Crippen LogP contribution in [0.4, 0.5) is 4.79 Å². The molecule has 1 aromatic carbocycles. The van der Waals surface area contributed by atoms with Gasteiger partial charge >= 0.3 is 6.09 Å². The third-order valence-electron chi connectivity index (χ3n) is 5.73. The van der Waals surface area contributed by atoms with Gasteiger partial charge < -0.3 is 14.5 Å². The minimum absolute atomic E-state index is 0.0308. The van der Waals surface area contributed by atoms with Crippen LogP contribution in [0.3, 0.4) is 0 Å². The summed E-state index contributed by atoms with van der Waals surface area (Å²) in [5, 5.41) is 3.10. The highest BCUT2D eigenvalue weighted by atomic mass is 35.5. The fourth-order valence-corrected chi connectivity index (χ4v) is 4.36. The molecule has 0 radical (unpaired) electrons. The minimum atomic E-state index is -1.71. The number of alkyl halides is 1. The summed E-state index contributed by atoms with van der Waals surface area (Å²) in [6.07, 6.45) is 1.47. The highest BCUT2D eigenvalue weighted by molar-refractivity contribution is 6.74. The van der Waals surface area contributed by atoms with Gasteiger partial charge in [0.15, 0.2) is 8.32 Å². The van der Waals surface area contributed by atoms with Gasteiger partial charge in [0.25, 0.3) is 0 Å². The molecule has 0 heterocycles. The van der Waals surface area contributed by atoms with Gasteiger partial charge in [-0.2, -0.15) is 0 Å². The van der Waals surface area contributed by atoms with Crippen molar-refractivity contribution in [1.29, 1.82) is 0 Å². The summed E-state index contributed by atoms with van der Waals surface area (Å²) >= 11 is 6.71. The van der Waals surface area contributed by atoms with E-state index in [1.807, 2.05) is 39.0 Å². The maximum Gasteiger partial charge on any atom is 0.407 e. The number of hydrogen-bond donors (Lipinski definition) is 1. The Labute approximate surface area is 202 Å². The first-order valence-electron chi connectivity index (χ1n) is 11.7. The van der Waals surface area contributed by atoms with Gasteiger partial charge in [-0.25, -0.2) is 4.79 Å². The number of amides is 1. The van der Waals surface area contributed by atoms with Crippen molar-refractivity contribution < 1.29 is 14.0 Å². The smallest absolute Gasteiger partial charge is 0.407 e. The largest absolute Gasteiger partial charge is 0.444 e. The standard InChI is InChI=1S/C25H45ClN2O3Si/c1-24(2,3)31-23(29)27-16-17-28(19-21-13-10-9-11-14-21)20-22(26)15-12-18-30-32(7,8)25(4,5)6/h9-11,13-14,22H,12,15-20H2,1-8H3,(H,27,29)/t22-/m0/s1. The van der Waals surface area contributed by atoms with Gasteiger partial charge in [0.05, 0.1) is 0 Å². The molecule has 5 nitrogen and oxygen atoms in total. The van der Waals surface area contributed by atoms with Crippen LogP contribution in [-0.2, 0) is 15.7 Å². The van der Waals surface area contributed by atoms with Crippen LogP contribution in [0.2, 0.25) is 18.1 Å². The van der Waals surface area contributed by atoms with Gasteiger partial charge in [0, 0.05) is 38.2 Å². The molecule has 0 aliphatic rings. The SMILES string of the molecule is CC(C)(C)OC(=O)NCCN(Cc1ccccc1)C[C@@H](Cl)CCCO[Si](C)(C)C(C)(C)C. The first kappa shape index (κ1) is 28.9. The van der Waals surface area contributed by atoms with E-state index in [1.165, 1.54) is 5.56 Å². The zero-order chi connectivity index (χ0) is 24.4.